The summed E-state index contributed by atoms with van der Waals surface area (Å²) in [6.07, 6.45) is 5.81. The van der Waals surface area contributed by atoms with E-state index in [1.807, 2.05) is 67.2 Å². The lowest BCUT2D eigenvalue weighted by atomic mass is 9.84. The molecule has 73 heavy (non-hydrogen) atoms. The second-order valence-corrected chi connectivity index (χ2v) is 31.5. The van der Waals surface area contributed by atoms with Crippen LogP contribution in [0.15, 0.2) is 60.7 Å². The maximum absolute atomic E-state index is 13.4. The van der Waals surface area contributed by atoms with Crippen molar-refractivity contribution in [1.82, 2.24) is 31.5 Å². The lowest BCUT2D eigenvalue weighted by Crippen LogP contribution is -2.69. The molecule has 14 heteroatoms. The Morgan fingerprint density at radius 3 is 1.45 bits per heavy atom. The third-order valence-electron chi connectivity index (χ3n) is 17.0. The summed E-state index contributed by atoms with van der Waals surface area (Å²) >= 11 is 0. The number of nitrogens with zero attached hydrogens (tertiary/aromatic N) is 1. The highest BCUT2D eigenvalue weighted by molar-refractivity contribution is 6.99. The first-order chi connectivity index (χ1) is 34.0. The predicted octanol–water partition coefficient (Wildman–Crippen LogP) is 9.37. The number of fused-ring (bicyclic) bond motifs is 10. The van der Waals surface area contributed by atoms with Crippen LogP contribution in [-0.2, 0) is 18.6 Å². The number of hydrogen-bond acceptors (Lipinski definition) is 10. The molecule has 2 saturated carbocycles. The molecule has 0 radical (unpaired) electrons. The highest BCUT2D eigenvalue weighted by atomic mass is 28.4. The standard InChI is InChI=1S/C29H40N2O3Si.2C15H28N2O2/c1-28(2,3)33-27(32)31-23-17-20-18-24(31)26(25(23)30-19-20)34-35(29(4,5)6,21-13-9-7-10-14-21)22-15-11-8-12-16-22;1-9-6-11-7-12(10(2)13(9)16-8-11)17-14(18)19-15(3,4)5;1-9-6-11-7-12(13(10(9)2)16-8-11)17-14(18)19-15(3,4)5/h7-16,20,23-26,30H,17-19H2,1-6H3;2*9-13,16H,6-8H2,1-5H3,(H,17,18)/t20?,23?,24?,25?,26-;9-,10+,11-,12+,13+;9-,10-,11-,12+,13-/m011/s1. The van der Waals surface area contributed by atoms with Gasteiger partial charge in [0.05, 0.1) is 24.2 Å². The van der Waals surface area contributed by atoms with Crippen LogP contribution in [0.4, 0.5) is 14.4 Å². The zero-order valence-electron chi connectivity index (χ0n) is 47.6. The largest absolute Gasteiger partial charge is 0.444 e. The smallest absolute Gasteiger partial charge is 0.410 e. The van der Waals surface area contributed by atoms with Crippen LogP contribution in [-0.4, -0.2) is 116 Å². The second-order valence-electron chi connectivity index (χ2n) is 27.3. The quantitative estimate of drug-likeness (QED) is 0.140. The summed E-state index contributed by atoms with van der Waals surface area (Å²) in [4.78, 5) is 39.3. The van der Waals surface area contributed by atoms with Crippen LogP contribution in [0.1, 0.15) is 149 Å². The van der Waals surface area contributed by atoms with Crippen molar-refractivity contribution in [1.29, 1.82) is 0 Å². The molecule has 7 heterocycles. The van der Waals surface area contributed by atoms with Gasteiger partial charge in [-0.15, -0.1) is 0 Å². The van der Waals surface area contributed by atoms with Crippen molar-refractivity contribution in [3.05, 3.63) is 60.7 Å². The van der Waals surface area contributed by atoms with E-state index in [2.05, 4.69) is 136 Å². The monoisotopic (exact) mass is 1030 g/mol. The zero-order valence-corrected chi connectivity index (χ0v) is 48.6. The van der Waals surface area contributed by atoms with Crippen molar-refractivity contribution in [2.45, 2.75) is 220 Å². The molecule has 5 N–H and O–H groups in total. The van der Waals surface area contributed by atoms with Gasteiger partial charge in [-0.3, -0.25) is 4.90 Å². The molecule has 408 valence electrons. The van der Waals surface area contributed by atoms with Crippen LogP contribution in [0.25, 0.3) is 0 Å². The highest BCUT2D eigenvalue weighted by Crippen LogP contribution is 2.47. The topological polar surface area (TPSA) is 152 Å². The molecule has 4 unspecified atom stereocenters. The van der Waals surface area contributed by atoms with Crippen molar-refractivity contribution in [2.75, 3.05) is 19.6 Å². The third-order valence-corrected chi connectivity index (χ3v) is 22.0. The molecule has 7 bridgehead atoms. The van der Waals surface area contributed by atoms with Crippen molar-refractivity contribution in [3.63, 3.8) is 0 Å². The van der Waals surface area contributed by atoms with Gasteiger partial charge in [0.1, 0.15) is 16.8 Å². The number of ether oxygens (including phenoxy) is 3. The molecule has 0 spiro atoms. The highest BCUT2D eigenvalue weighted by Gasteiger charge is 2.62. The Balaban J connectivity index is 0.000000174. The molecule has 9 fully saturated rings. The molecule has 13 nitrogen and oxygen atoms in total. The number of alkyl carbamates (subject to hydrolysis) is 2. The summed E-state index contributed by atoms with van der Waals surface area (Å²) < 4.78 is 24.3. The number of hydrogen-bond donors (Lipinski definition) is 5. The molecule has 2 aliphatic carbocycles. The van der Waals surface area contributed by atoms with Gasteiger partial charge in [-0.05, 0) is 177 Å². The van der Waals surface area contributed by atoms with Gasteiger partial charge in [-0.1, -0.05) is 109 Å². The lowest BCUT2D eigenvalue weighted by molar-refractivity contribution is -0.00698. The van der Waals surface area contributed by atoms with Crippen LogP contribution in [0, 0.1) is 41.4 Å². The number of rotatable bonds is 6. The molecule has 7 aliphatic heterocycles. The summed E-state index contributed by atoms with van der Waals surface area (Å²) in [6.45, 7) is 36.5. The molecule has 0 aromatic heterocycles. The Bertz CT molecular complexity index is 2090. The van der Waals surface area contributed by atoms with Crippen LogP contribution >= 0.6 is 0 Å². The van der Waals surface area contributed by atoms with Crippen molar-refractivity contribution < 1.29 is 33.0 Å². The summed E-state index contributed by atoms with van der Waals surface area (Å²) in [6, 6.07) is 23.2. The van der Waals surface area contributed by atoms with E-state index in [0.717, 1.165) is 51.2 Å². The van der Waals surface area contributed by atoms with Gasteiger partial charge in [0, 0.05) is 24.2 Å². The van der Waals surface area contributed by atoms with E-state index in [4.69, 9.17) is 18.6 Å². The summed E-state index contributed by atoms with van der Waals surface area (Å²) in [7, 11) is -2.74. The van der Waals surface area contributed by atoms with E-state index >= 15 is 0 Å². The van der Waals surface area contributed by atoms with E-state index in [-0.39, 0.29) is 59.6 Å². The Kier molecular flexibility index (Phi) is 17.6. The molecular formula is C59H96N6O7Si. The first-order valence-corrected chi connectivity index (χ1v) is 29.9. The van der Waals surface area contributed by atoms with Crippen molar-refractivity contribution in [3.8, 4) is 0 Å². The van der Waals surface area contributed by atoms with Crippen molar-refractivity contribution >= 4 is 37.0 Å². The summed E-state index contributed by atoms with van der Waals surface area (Å²) in [5, 5.41) is 19.6. The Morgan fingerprint density at radius 2 is 0.959 bits per heavy atom. The molecule has 7 saturated heterocycles. The summed E-state index contributed by atoms with van der Waals surface area (Å²) in [5.41, 5.74) is -1.38. The first-order valence-electron chi connectivity index (χ1n) is 28.0. The van der Waals surface area contributed by atoms with Gasteiger partial charge in [0.25, 0.3) is 8.32 Å². The van der Waals surface area contributed by atoms with Crippen LogP contribution in [0.3, 0.4) is 0 Å². The molecule has 2 aromatic carbocycles. The fourth-order valence-corrected chi connectivity index (χ4v) is 18.5. The molecule has 15 atom stereocenters. The normalized spacial score (nSPS) is 33.7. The molecule has 2 aromatic rings. The average Bonchev–Trinajstić information content (AvgIpc) is 3.57. The minimum atomic E-state index is -2.74. The number of piperidine rings is 4. The Hall–Kier alpha value is -3.69. The van der Waals surface area contributed by atoms with Crippen LogP contribution in [0.5, 0.6) is 0 Å². The van der Waals surface area contributed by atoms with Gasteiger partial charge in [-0.2, -0.15) is 0 Å². The first kappa shape index (κ1) is 57.0. The Labute approximate surface area is 441 Å². The van der Waals surface area contributed by atoms with E-state index in [1.165, 1.54) is 23.2 Å². The summed E-state index contributed by atoms with van der Waals surface area (Å²) in [5.74, 6) is 4.39. The van der Waals surface area contributed by atoms with E-state index in [1.54, 1.807) is 0 Å². The van der Waals surface area contributed by atoms with Gasteiger partial charge < -0.3 is 45.2 Å². The minimum absolute atomic E-state index is 0.0234. The maximum Gasteiger partial charge on any atom is 0.410 e. The Morgan fingerprint density at radius 1 is 0.521 bits per heavy atom. The fraction of sp³-hybridized carbons (Fsp3) is 0.746. The molecular weight excluding hydrogens is 933 g/mol. The average molecular weight is 1030 g/mol. The van der Waals surface area contributed by atoms with Crippen LogP contribution in [0.2, 0.25) is 5.04 Å². The molecule has 11 rings (SSSR count). The maximum atomic E-state index is 13.4. The van der Waals surface area contributed by atoms with Gasteiger partial charge >= 0.3 is 18.3 Å². The number of nitrogens with one attached hydrogen (secondary N) is 5. The number of amides is 3. The van der Waals surface area contributed by atoms with Gasteiger partial charge in [0.15, 0.2) is 0 Å². The van der Waals surface area contributed by atoms with E-state index in [9.17, 15) is 14.4 Å². The minimum Gasteiger partial charge on any atom is -0.444 e. The number of benzene rings is 2. The van der Waals surface area contributed by atoms with Gasteiger partial charge in [0.2, 0.25) is 0 Å². The van der Waals surface area contributed by atoms with Gasteiger partial charge in [-0.25, -0.2) is 14.4 Å². The van der Waals surface area contributed by atoms with Crippen LogP contribution < -0.4 is 37.0 Å². The van der Waals surface area contributed by atoms with E-state index in [0.29, 0.717) is 47.6 Å². The lowest BCUT2D eigenvalue weighted by Gasteiger charge is -2.46. The zero-order chi connectivity index (χ0) is 53.4. The number of carbonyl (C=O) groups is 3. The number of carbonyl (C=O) groups excluding carboxylic acids is 3. The molecule has 3 amide bonds. The molecule has 9 aliphatic rings. The van der Waals surface area contributed by atoms with Crippen molar-refractivity contribution in [2.24, 2.45) is 41.4 Å². The second kappa shape index (κ2) is 22.5. The van der Waals surface area contributed by atoms with E-state index < -0.39 is 25.1 Å². The fourth-order valence-electron chi connectivity index (χ4n) is 13.8. The third kappa shape index (κ3) is 13.7. The predicted molar refractivity (Wildman–Crippen MR) is 295 cm³/mol. The SMILES string of the molecule is CC(C)(C)OC(=O)N1C2CC3CNC2[C@@H](O[Si](c2ccccc2)(c2ccccc2)C(C)(C)C)C1C3.C[C@@H]1[C@H]2NC[C@H](C[C@H]2C)C[C@@H]1NC(=O)OC(C)(C)C.C[C@H]1[C@H]2NC[C@H](C[C@H]1C)C[C@@H]2NC(=O)OC(C)(C)C.